The molecule has 1 fully saturated rings. The van der Waals surface area contributed by atoms with Gasteiger partial charge in [-0.15, -0.1) is 10.2 Å². The van der Waals surface area contributed by atoms with E-state index in [2.05, 4.69) is 27.0 Å². The largest absolute Gasteiger partial charge is 0.486 e. The number of rotatable bonds is 7. The van der Waals surface area contributed by atoms with Crippen LogP contribution < -0.4 is 4.74 Å². The number of ether oxygens (including phenoxy) is 2. The average molecular weight is 737 g/mol. The van der Waals surface area contributed by atoms with Crippen LogP contribution in [0.25, 0.3) is 5.69 Å². The molecule has 1 atom stereocenters. The van der Waals surface area contributed by atoms with Gasteiger partial charge in [-0.05, 0) is 49.7 Å². The molecule has 0 aliphatic heterocycles. The SMILES string of the molecule is COC(C)C#Cc1ccc(OCc2nnc(SC3(S)C(S)(S)C(S)(S)C(S)(S)C3(S)S)n2-c2cccnc2)cc1C. The van der Waals surface area contributed by atoms with Crippen molar-refractivity contribution in [3.63, 3.8) is 0 Å². The Kier molecular flexibility index (Phi) is 10.5. The van der Waals surface area contributed by atoms with Gasteiger partial charge in [0.25, 0.3) is 0 Å². The Morgan fingerprint density at radius 2 is 1.61 bits per heavy atom. The van der Waals surface area contributed by atoms with Crippen LogP contribution in [0.1, 0.15) is 23.9 Å². The van der Waals surface area contributed by atoms with Crippen LogP contribution in [0, 0.1) is 18.8 Å². The second-order valence-corrected chi connectivity index (χ2v) is 18.2. The highest BCUT2D eigenvalue weighted by Crippen LogP contribution is 2.78. The molecular weight excluding hydrogens is 709 g/mol. The molecule has 16 heteroatoms. The summed E-state index contributed by atoms with van der Waals surface area (Å²) in [5.74, 6) is 7.37. The minimum atomic E-state index is -1.33. The molecule has 2 heterocycles. The molecule has 0 saturated heterocycles. The second-order valence-electron chi connectivity index (χ2n) is 9.29. The van der Waals surface area contributed by atoms with Crippen molar-refractivity contribution in [1.82, 2.24) is 19.7 Å². The van der Waals surface area contributed by atoms with Crippen LogP contribution in [0.5, 0.6) is 5.75 Å². The third-order valence-electron chi connectivity index (χ3n) is 6.58. The van der Waals surface area contributed by atoms with Gasteiger partial charge in [0.15, 0.2) is 11.0 Å². The van der Waals surface area contributed by atoms with Crippen molar-refractivity contribution in [3.05, 3.63) is 59.7 Å². The highest BCUT2D eigenvalue weighted by molar-refractivity contribution is 8.21. The van der Waals surface area contributed by atoms with Gasteiger partial charge in [-0.3, -0.25) is 9.55 Å². The first kappa shape index (κ1) is 34.2. The standard InChI is InChI=1S/C25H28N4O2S10/c1-14-11-18(9-8-16(14)7-6-15(2)30-3)31-13-19-27-28-20(29(19)17-5-4-10-26-12-17)41-25(40)23(36,37)21(32,33)22(34,35)24(25,38)39/h4-5,8-12,15,32-40H,13H2,1-3H3. The number of hydrogen-bond donors (Lipinski definition) is 9. The van der Waals surface area contributed by atoms with E-state index in [9.17, 15) is 0 Å². The molecule has 1 saturated carbocycles. The van der Waals surface area contributed by atoms with Crippen LogP contribution in [-0.4, -0.2) is 53.4 Å². The summed E-state index contributed by atoms with van der Waals surface area (Å²) in [6, 6.07) is 9.40. The van der Waals surface area contributed by atoms with Crippen LogP contribution in [0.3, 0.4) is 0 Å². The lowest BCUT2D eigenvalue weighted by Crippen LogP contribution is -2.49. The first-order valence-electron chi connectivity index (χ1n) is 11.8. The first-order valence-corrected chi connectivity index (χ1v) is 16.7. The molecule has 0 N–H and O–H groups in total. The summed E-state index contributed by atoms with van der Waals surface area (Å²) in [7, 11) is 1.63. The summed E-state index contributed by atoms with van der Waals surface area (Å²) < 4.78 is 6.58. The van der Waals surface area contributed by atoms with E-state index in [4.69, 9.17) is 123 Å². The van der Waals surface area contributed by atoms with Gasteiger partial charge in [-0.25, -0.2) is 0 Å². The van der Waals surface area contributed by atoms with Crippen molar-refractivity contribution in [1.29, 1.82) is 0 Å². The van der Waals surface area contributed by atoms with E-state index in [1.165, 1.54) is 11.8 Å². The fourth-order valence-electron chi connectivity index (χ4n) is 3.93. The summed E-state index contributed by atoms with van der Waals surface area (Å²) >= 11 is 44.5. The molecule has 1 unspecified atom stereocenters. The van der Waals surface area contributed by atoms with Crippen molar-refractivity contribution >= 4 is 125 Å². The Labute approximate surface area is 294 Å². The maximum atomic E-state index is 6.14. The normalized spacial score (nSPS) is 20.2. The van der Waals surface area contributed by atoms with Gasteiger partial charge in [-0.2, -0.15) is 114 Å². The number of thiol groups is 9. The number of nitrogens with zero attached hydrogens (tertiary/aromatic N) is 4. The van der Waals surface area contributed by atoms with Crippen LogP contribution in [-0.2, 0) is 11.3 Å². The van der Waals surface area contributed by atoms with Crippen LogP contribution in [0.15, 0.2) is 47.9 Å². The fourth-order valence-corrected chi connectivity index (χ4v) is 10.7. The molecule has 0 bridgehead atoms. The lowest BCUT2D eigenvalue weighted by Gasteiger charge is -2.43. The zero-order valence-electron chi connectivity index (χ0n) is 21.9. The van der Waals surface area contributed by atoms with Gasteiger partial charge >= 0.3 is 0 Å². The Morgan fingerprint density at radius 3 is 2.17 bits per heavy atom. The second kappa shape index (κ2) is 12.6. The molecule has 2 aromatic heterocycles. The monoisotopic (exact) mass is 736 g/mol. The maximum Gasteiger partial charge on any atom is 0.197 e. The van der Waals surface area contributed by atoms with Gasteiger partial charge in [0, 0.05) is 18.9 Å². The highest BCUT2D eigenvalue weighted by atomic mass is 32.2. The lowest BCUT2D eigenvalue weighted by atomic mass is 10.1. The number of hydrogen-bond acceptors (Lipinski definition) is 15. The van der Waals surface area contributed by atoms with Gasteiger partial charge in [0.1, 0.15) is 38.9 Å². The van der Waals surface area contributed by atoms with Crippen molar-refractivity contribution < 1.29 is 9.47 Å². The Hall–Kier alpha value is 0.330. The molecule has 41 heavy (non-hydrogen) atoms. The molecule has 1 aliphatic carbocycles. The molecule has 0 amide bonds. The molecule has 3 aromatic rings. The van der Waals surface area contributed by atoms with E-state index in [1.54, 1.807) is 19.5 Å². The van der Waals surface area contributed by atoms with E-state index < -0.39 is 20.4 Å². The number of thioether (sulfide) groups is 1. The summed E-state index contributed by atoms with van der Waals surface area (Å²) in [6.07, 6.45) is 3.22. The highest BCUT2D eigenvalue weighted by Gasteiger charge is 2.81. The molecule has 1 aliphatic rings. The van der Waals surface area contributed by atoms with E-state index in [-0.39, 0.29) is 12.7 Å². The smallest absolute Gasteiger partial charge is 0.197 e. The van der Waals surface area contributed by atoms with E-state index in [0.29, 0.717) is 22.4 Å². The van der Waals surface area contributed by atoms with Gasteiger partial charge in [-0.1, -0.05) is 23.6 Å². The predicted molar refractivity (Wildman–Crippen MR) is 198 cm³/mol. The minimum Gasteiger partial charge on any atom is -0.486 e. The molecule has 4 rings (SSSR count). The van der Waals surface area contributed by atoms with Gasteiger partial charge < -0.3 is 9.47 Å². The quantitative estimate of drug-likeness (QED) is 0.0858. The number of aromatic nitrogens is 4. The Morgan fingerprint density at radius 1 is 0.951 bits per heavy atom. The topological polar surface area (TPSA) is 62.1 Å². The summed E-state index contributed by atoms with van der Waals surface area (Å²) in [6.45, 7) is 3.98. The molecular formula is C25H28N4O2S10. The van der Waals surface area contributed by atoms with E-state index in [0.717, 1.165) is 11.1 Å². The fraction of sp³-hybridized carbons (Fsp3) is 0.400. The number of pyridine rings is 1. The van der Waals surface area contributed by atoms with Gasteiger partial charge in [0.2, 0.25) is 0 Å². The molecule has 6 nitrogen and oxygen atoms in total. The summed E-state index contributed by atoms with van der Waals surface area (Å²) in [4.78, 5) is 4.27. The van der Waals surface area contributed by atoms with Crippen LogP contribution >= 0.6 is 125 Å². The third kappa shape index (κ3) is 5.89. The third-order valence-corrected chi connectivity index (χ3v) is 17.7. The first-order chi connectivity index (χ1) is 19.0. The van der Waals surface area contributed by atoms with Crippen molar-refractivity contribution in [2.24, 2.45) is 0 Å². The van der Waals surface area contributed by atoms with Crippen molar-refractivity contribution in [2.75, 3.05) is 7.11 Å². The summed E-state index contributed by atoms with van der Waals surface area (Å²) in [5.41, 5.74) is 2.58. The minimum absolute atomic E-state index is 0.110. The lowest BCUT2D eigenvalue weighted by molar-refractivity contribution is 0.163. The average Bonchev–Trinajstić information content (AvgIpc) is 3.34. The Balaban J connectivity index is 1.69. The molecule has 1 aromatic carbocycles. The maximum absolute atomic E-state index is 6.14. The van der Waals surface area contributed by atoms with Crippen molar-refractivity contribution in [3.8, 4) is 23.3 Å². The zero-order valence-corrected chi connectivity index (χ0v) is 30.7. The number of benzene rings is 1. The molecule has 0 radical (unpaired) electrons. The summed E-state index contributed by atoms with van der Waals surface area (Å²) in [5, 5.41) is 9.36. The van der Waals surface area contributed by atoms with Gasteiger partial charge in [0.05, 0.1) is 11.9 Å². The van der Waals surface area contributed by atoms with Crippen LogP contribution in [0.4, 0.5) is 0 Å². The Bertz CT molecular complexity index is 1460. The zero-order chi connectivity index (χ0) is 30.4. The van der Waals surface area contributed by atoms with E-state index in [1.807, 2.05) is 48.7 Å². The number of aryl methyl sites for hydroxylation is 1. The van der Waals surface area contributed by atoms with Crippen molar-refractivity contribution in [2.45, 2.75) is 52.1 Å². The predicted octanol–water partition coefficient (Wildman–Crippen LogP) is 5.89. The van der Waals surface area contributed by atoms with E-state index >= 15 is 0 Å². The number of methoxy groups -OCH3 is 1. The molecule has 220 valence electrons. The van der Waals surface area contributed by atoms with Crippen LogP contribution in [0.2, 0.25) is 0 Å². The molecule has 0 spiro atoms.